The van der Waals surface area contributed by atoms with E-state index in [1.807, 2.05) is 18.2 Å². The molecule has 1 aromatic carbocycles. The van der Waals surface area contributed by atoms with Crippen LogP contribution in [0.4, 0.5) is 0 Å². The first-order valence-corrected chi connectivity index (χ1v) is 8.83. The molecule has 0 aliphatic carbocycles. The van der Waals surface area contributed by atoms with Crippen LogP contribution < -0.4 is 0 Å². The average Bonchev–Trinajstić information content (AvgIpc) is 2.61. The van der Waals surface area contributed by atoms with Crippen molar-refractivity contribution in [2.45, 2.75) is 38.6 Å². The zero-order valence-electron chi connectivity index (χ0n) is 14.5. The Labute approximate surface area is 147 Å². The first-order valence-electron chi connectivity index (χ1n) is 8.83. The van der Waals surface area contributed by atoms with Crippen molar-refractivity contribution in [3.63, 3.8) is 0 Å². The second-order valence-corrected chi connectivity index (χ2v) is 6.87. The number of hydrogen-bond acceptors (Lipinski definition) is 3. The van der Waals surface area contributed by atoms with Crippen LogP contribution in [-0.4, -0.2) is 52.3 Å². The number of rotatable bonds is 3. The molecule has 0 bridgehead atoms. The third-order valence-electron chi connectivity index (χ3n) is 5.38. The van der Waals surface area contributed by atoms with Crippen LogP contribution in [0.15, 0.2) is 24.3 Å². The van der Waals surface area contributed by atoms with E-state index < -0.39 is 5.97 Å². The smallest absolute Gasteiger partial charge is 0.306 e. The molecule has 0 aromatic heterocycles. The van der Waals surface area contributed by atoms with Crippen LogP contribution in [0.2, 0.25) is 0 Å². The van der Waals surface area contributed by atoms with E-state index in [0.717, 1.165) is 12.0 Å². The summed E-state index contributed by atoms with van der Waals surface area (Å²) in [6.45, 7) is 3.13. The van der Waals surface area contributed by atoms with Gasteiger partial charge >= 0.3 is 5.97 Å². The van der Waals surface area contributed by atoms with E-state index in [-0.39, 0.29) is 30.2 Å². The summed E-state index contributed by atoms with van der Waals surface area (Å²) in [5.74, 6) is -1.15. The highest BCUT2D eigenvalue weighted by molar-refractivity contribution is 5.80. The van der Waals surface area contributed by atoms with Gasteiger partial charge in [-0.05, 0) is 30.4 Å². The van der Waals surface area contributed by atoms with Crippen molar-refractivity contribution in [1.29, 1.82) is 0 Å². The Morgan fingerprint density at radius 3 is 2.44 bits per heavy atom. The number of benzene rings is 1. The molecule has 1 saturated heterocycles. The summed E-state index contributed by atoms with van der Waals surface area (Å²) in [5, 5.41) is 9.08. The summed E-state index contributed by atoms with van der Waals surface area (Å²) in [6, 6.07) is 7.75. The fourth-order valence-corrected chi connectivity index (χ4v) is 3.92. The van der Waals surface area contributed by atoms with E-state index in [2.05, 4.69) is 6.07 Å². The maximum atomic E-state index is 12.8. The summed E-state index contributed by atoms with van der Waals surface area (Å²) in [7, 11) is 0. The minimum absolute atomic E-state index is 0.00297. The molecule has 3 rings (SSSR count). The number of carbonyl (C=O) groups is 3. The lowest BCUT2D eigenvalue weighted by molar-refractivity contribution is -0.146. The van der Waals surface area contributed by atoms with Crippen molar-refractivity contribution in [2.24, 2.45) is 5.92 Å². The molecule has 1 N–H and O–H groups in total. The van der Waals surface area contributed by atoms with Crippen LogP contribution in [-0.2, 0) is 20.8 Å². The summed E-state index contributed by atoms with van der Waals surface area (Å²) in [5.41, 5.74) is 2.25. The fourth-order valence-electron chi connectivity index (χ4n) is 3.92. The van der Waals surface area contributed by atoms with Crippen LogP contribution in [0, 0.1) is 5.92 Å². The van der Waals surface area contributed by atoms with E-state index in [0.29, 0.717) is 32.5 Å². The molecule has 1 atom stereocenters. The van der Waals surface area contributed by atoms with Crippen molar-refractivity contribution in [1.82, 2.24) is 9.80 Å². The first-order chi connectivity index (χ1) is 12.0. The number of aliphatic carboxylic acids is 1. The van der Waals surface area contributed by atoms with Gasteiger partial charge in [-0.3, -0.25) is 14.4 Å². The molecule has 6 heteroatoms. The second-order valence-electron chi connectivity index (χ2n) is 6.87. The maximum absolute atomic E-state index is 12.8. The third kappa shape index (κ3) is 3.67. The molecule has 1 aromatic rings. The first kappa shape index (κ1) is 17.5. The Balaban J connectivity index is 1.72. The van der Waals surface area contributed by atoms with Gasteiger partial charge in [-0.2, -0.15) is 0 Å². The molecule has 2 heterocycles. The average molecular weight is 344 g/mol. The third-order valence-corrected chi connectivity index (χ3v) is 5.38. The Hall–Kier alpha value is -2.37. The van der Waals surface area contributed by atoms with Gasteiger partial charge in [-0.1, -0.05) is 24.3 Å². The molecule has 2 aliphatic heterocycles. The lowest BCUT2D eigenvalue weighted by Crippen LogP contribution is -2.44. The Morgan fingerprint density at radius 1 is 1.12 bits per heavy atom. The lowest BCUT2D eigenvalue weighted by atomic mass is 9.90. The molecule has 2 amide bonds. The van der Waals surface area contributed by atoms with Crippen LogP contribution in [0.25, 0.3) is 0 Å². The number of likely N-dealkylation sites (tertiary alicyclic amines) is 1. The Kier molecular flexibility index (Phi) is 5.06. The fraction of sp³-hybridized carbons (Fsp3) is 0.526. The monoisotopic (exact) mass is 344 g/mol. The standard InChI is InChI=1S/C19H24N2O4/c1-13(22)21-11-8-14-4-2-3-5-16(14)17(21)12-18(23)20-9-6-15(7-10-20)19(24)25/h2-5,15,17H,6-12H2,1H3,(H,24,25). The number of hydrogen-bond donors (Lipinski definition) is 1. The number of carbonyl (C=O) groups excluding carboxylic acids is 2. The van der Waals surface area contributed by atoms with Crippen molar-refractivity contribution in [2.75, 3.05) is 19.6 Å². The van der Waals surface area contributed by atoms with Crippen molar-refractivity contribution < 1.29 is 19.5 Å². The van der Waals surface area contributed by atoms with Gasteiger partial charge in [-0.15, -0.1) is 0 Å². The molecule has 1 fully saturated rings. The highest BCUT2D eigenvalue weighted by Crippen LogP contribution is 2.33. The molecule has 2 aliphatic rings. The SMILES string of the molecule is CC(=O)N1CCc2ccccc2C1CC(=O)N1CCC(C(=O)O)CC1. The van der Waals surface area contributed by atoms with E-state index in [4.69, 9.17) is 5.11 Å². The van der Waals surface area contributed by atoms with Gasteiger partial charge in [0, 0.05) is 26.6 Å². The van der Waals surface area contributed by atoms with Gasteiger partial charge in [0.2, 0.25) is 11.8 Å². The molecule has 1 unspecified atom stereocenters. The van der Waals surface area contributed by atoms with Gasteiger partial charge in [-0.25, -0.2) is 0 Å². The van der Waals surface area contributed by atoms with Gasteiger partial charge in [0.25, 0.3) is 0 Å². The molecule has 0 spiro atoms. The largest absolute Gasteiger partial charge is 0.481 e. The van der Waals surface area contributed by atoms with E-state index in [1.165, 1.54) is 5.56 Å². The molecule has 134 valence electrons. The summed E-state index contributed by atoms with van der Waals surface area (Å²) >= 11 is 0. The topological polar surface area (TPSA) is 77.9 Å². The normalized spacial score (nSPS) is 20.9. The predicted molar refractivity (Wildman–Crippen MR) is 91.8 cm³/mol. The number of amides is 2. The van der Waals surface area contributed by atoms with E-state index in [9.17, 15) is 14.4 Å². The molecular weight excluding hydrogens is 320 g/mol. The summed E-state index contributed by atoms with van der Waals surface area (Å²) in [4.78, 5) is 39.4. The summed E-state index contributed by atoms with van der Waals surface area (Å²) < 4.78 is 0. The van der Waals surface area contributed by atoms with Gasteiger partial charge < -0.3 is 14.9 Å². The summed E-state index contributed by atoms with van der Waals surface area (Å²) in [6.07, 6.45) is 2.07. The highest BCUT2D eigenvalue weighted by atomic mass is 16.4. The zero-order chi connectivity index (χ0) is 18.0. The molecule has 6 nitrogen and oxygen atoms in total. The maximum Gasteiger partial charge on any atom is 0.306 e. The molecule has 0 radical (unpaired) electrons. The Morgan fingerprint density at radius 2 is 1.80 bits per heavy atom. The van der Waals surface area contributed by atoms with Crippen LogP contribution in [0.3, 0.4) is 0 Å². The number of carboxylic acid groups (broad SMARTS) is 1. The number of fused-ring (bicyclic) bond motifs is 1. The highest BCUT2D eigenvalue weighted by Gasteiger charge is 2.33. The van der Waals surface area contributed by atoms with E-state index in [1.54, 1.807) is 16.7 Å². The number of nitrogens with zero attached hydrogens (tertiary/aromatic N) is 2. The van der Waals surface area contributed by atoms with Crippen LogP contribution in [0.1, 0.15) is 43.4 Å². The minimum atomic E-state index is -0.781. The van der Waals surface area contributed by atoms with Crippen molar-refractivity contribution >= 4 is 17.8 Å². The van der Waals surface area contributed by atoms with Crippen LogP contribution >= 0.6 is 0 Å². The van der Waals surface area contributed by atoms with E-state index >= 15 is 0 Å². The number of piperidine rings is 1. The second kappa shape index (κ2) is 7.25. The van der Waals surface area contributed by atoms with Gasteiger partial charge in [0.1, 0.15) is 0 Å². The lowest BCUT2D eigenvalue weighted by Gasteiger charge is -2.38. The molecular formula is C19H24N2O4. The van der Waals surface area contributed by atoms with Crippen molar-refractivity contribution in [3.8, 4) is 0 Å². The van der Waals surface area contributed by atoms with Gasteiger partial charge in [0.15, 0.2) is 0 Å². The zero-order valence-corrected chi connectivity index (χ0v) is 14.5. The molecule has 25 heavy (non-hydrogen) atoms. The van der Waals surface area contributed by atoms with Crippen molar-refractivity contribution in [3.05, 3.63) is 35.4 Å². The number of carboxylic acids is 1. The van der Waals surface area contributed by atoms with Crippen LogP contribution in [0.5, 0.6) is 0 Å². The molecule has 0 saturated carbocycles. The minimum Gasteiger partial charge on any atom is -0.481 e. The quantitative estimate of drug-likeness (QED) is 0.908. The Bertz CT molecular complexity index is 680. The predicted octanol–water partition coefficient (Wildman–Crippen LogP) is 1.85. The van der Waals surface area contributed by atoms with Gasteiger partial charge in [0.05, 0.1) is 18.4 Å².